The molecular formula is C20H18BrN3O3. The predicted octanol–water partition coefficient (Wildman–Crippen LogP) is 4.08. The minimum Gasteiger partial charge on any atom is -0.444 e. The fourth-order valence-electron chi connectivity index (χ4n) is 3.67. The number of rotatable bonds is 1. The number of benzene rings is 2. The van der Waals surface area contributed by atoms with Crippen molar-refractivity contribution in [3.8, 4) is 6.07 Å². The molecule has 138 valence electrons. The summed E-state index contributed by atoms with van der Waals surface area (Å²) in [4.78, 5) is 28.4. The highest BCUT2D eigenvalue weighted by molar-refractivity contribution is 9.10. The lowest BCUT2D eigenvalue weighted by Gasteiger charge is -2.49. The van der Waals surface area contributed by atoms with Gasteiger partial charge in [-0.15, -0.1) is 0 Å². The summed E-state index contributed by atoms with van der Waals surface area (Å²) in [6.45, 7) is 5.62. The standard InChI is InChI=1S/C20H18BrN3O3/c1-19(2,3)27-18(26)23-10-20(9-22,11-23)24-15-8-7-14(21)12-5-4-6-13(16(12)15)17(24)25/h4-8H,10-11H2,1-3H3. The Labute approximate surface area is 165 Å². The third kappa shape index (κ3) is 2.59. The van der Waals surface area contributed by atoms with Gasteiger partial charge in [-0.1, -0.05) is 28.1 Å². The molecule has 0 unspecified atom stereocenters. The summed E-state index contributed by atoms with van der Waals surface area (Å²) in [7, 11) is 0. The first-order chi connectivity index (χ1) is 12.7. The van der Waals surface area contributed by atoms with Crippen LogP contribution in [0, 0.1) is 11.3 Å². The van der Waals surface area contributed by atoms with Crippen LogP contribution in [0.2, 0.25) is 0 Å². The Kier molecular flexibility index (Phi) is 3.76. The molecule has 2 aromatic carbocycles. The molecule has 0 N–H and O–H groups in total. The van der Waals surface area contributed by atoms with Gasteiger partial charge in [0.05, 0.1) is 24.8 Å². The lowest BCUT2D eigenvalue weighted by molar-refractivity contribution is -0.000113. The van der Waals surface area contributed by atoms with Crippen molar-refractivity contribution < 1.29 is 14.3 Å². The van der Waals surface area contributed by atoms with Crippen molar-refractivity contribution in [3.05, 3.63) is 40.4 Å². The number of carbonyl (C=O) groups is 2. The van der Waals surface area contributed by atoms with Crippen LogP contribution in [0.1, 0.15) is 31.1 Å². The van der Waals surface area contributed by atoms with Gasteiger partial charge >= 0.3 is 6.09 Å². The molecule has 2 aliphatic heterocycles. The molecule has 2 heterocycles. The quantitative estimate of drug-likeness (QED) is 0.686. The number of hydrogen-bond acceptors (Lipinski definition) is 4. The largest absolute Gasteiger partial charge is 0.444 e. The Hall–Kier alpha value is -2.59. The van der Waals surface area contributed by atoms with Crippen molar-refractivity contribution in [1.29, 1.82) is 5.26 Å². The Balaban J connectivity index is 1.69. The van der Waals surface area contributed by atoms with Crippen LogP contribution in [0.5, 0.6) is 0 Å². The van der Waals surface area contributed by atoms with E-state index in [1.807, 2.05) is 24.3 Å². The van der Waals surface area contributed by atoms with Gasteiger partial charge in [0.2, 0.25) is 0 Å². The summed E-state index contributed by atoms with van der Waals surface area (Å²) < 4.78 is 6.27. The van der Waals surface area contributed by atoms with Crippen LogP contribution in [0.3, 0.4) is 0 Å². The van der Waals surface area contributed by atoms with Crippen molar-refractivity contribution in [2.75, 3.05) is 18.0 Å². The fraction of sp³-hybridized carbons (Fsp3) is 0.350. The molecule has 0 saturated carbocycles. The Bertz CT molecular complexity index is 1030. The van der Waals surface area contributed by atoms with E-state index < -0.39 is 17.2 Å². The van der Waals surface area contributed by atoms with E-state index in [2.05, 4.69) is 22.0 Å². The van der Waals surface area contributed by atoms with Crippen LogP contribution in [-0.4, -0.2) is 41.1 Å². The van der Waals surface area contributed by atoms with Crippen molar-refractivity contribution in [2.45, 2.75) is 31.9 Å². The number of carbonyl (C=O) groups excluding carboxylic acids is 2. The highest BCUT2D eigenvalue weighted by Gasteiger charge is 2.55. The van der Waals surface area contributed by atoms with E-state index in [4.69, 9.17) is 4.74 Å². The van der Waals surface area contributed by atoms with Crippen LogP contribution < -0.4 is 4.90 Å². The third-order valence-corrected chi connectivity index (χ3v) is 5.52. The molecule has 0 aliphatic carbocycles. The van der Waals surface area contributed by atoms with Crippen molar-refractivity contribution in [1.82, 2.24) is 4.90 Å². The number of nitrogens with zero attached hydrogens (tertiary/aromatic N) is 3. The molecule has 27 heavy (non-hydrogen) atoms. The van der Waals surface area contributed by atoms with Gasteiger partial charge in [-0.25, -0.2) is 4.79 Å². The summed E-state index contributed by atoms with van der Waals surface area (Å²) in [5.74, 6) is -0.209. The normalized spacial score (nSPS) is 17.7. The monoisotopic (exact) mass is 427 g/mol. The maximum Gasteiger partial charge on any atom is 0.410 e. The van der Waals surface area contributed by atoms with E-state index in [0.717, 1.165) is 15.2 Å². The average molecular weight is 428 g/mol. The molecule has 0 atom stereocenters. The third-order valence-electron chi connectivity index (χ3n) is 4.83. The highest BCUT2D eigenvalue weighted by atomic mass is 79.9. The first-order valence-corrected chi connectivity index (χ1v) is 9.41. The van der Waals surface area contributed by atoms with Crippen LogP contribution in [0.25, 0.3) is 10.8 Å². The zero-order chi connectivity index (χ0) is 19.6. The maximum absolute atomic E-state index is 13.1. The van der Waals surface area contributed by atoms with Crippen molar-refractivity contribution >= 4 is 44.4 Å². The summed E-state index contributed by atoms with van der Waals surface area (Å²) in [5, 5.41) is 11.7. The van der Waals surface area contributed by atoms with E-state index in [1.54, 1.807) is 26.8 Å². The predicted molar refractivity (Wildman–Crippen MR) is 105 cm³/mol. The number of nitriles is 1. The fourth-order valence-corrected chi connectivity index (χ4v) is 4.14. The van der Waals surface area contributed by atoms with E-state index in [1.165, 1.54) is 9.80 Å². The first-order valence-electron chi connectivity index (χ1n) is 8.62. The number of ether oxygens (including phenoxy) is 1. The number of hydrogen-bond donors (Lipinski definition) is 0. The maximum atomic E-state index is 13.1. The molecule has 6 nitrogen and oxygen atoms in total. The number of likely N-dealkylation sites (tertiary alicyclic amines) is 1. The molecule has 0 radical (unpaired) electrons. The van der Waals surface area contributed by atoms with Gasteiger partial charge in [0.15, 0.2) is 5.54 Å². The van der Waals surface area contributed by atoms with E-state index in [9.17, 15) is 14.9 Å². The molecule has 1 saturated heterocycles. The van der Waals surface area contributed by atoms with Gasteiger partial charge in [0.25, 0.3) is 5.91 Å². The molecular weight excluding hydrogens is 410 g/mol. The number of amides is 2. The number of anilines is 1. The summed E-state index contributed by atoms with van der Waals surface area (Å²) in [6, 6.07) is 11.5. The Morgan fingerprint density at radius 3 is 2.59 bits per heavy atom. The molecule has 2 aliphatic rings. The van der Waals surface area contributed by atoms with Gasteiger partial charge < -0.3 is 9.64 Å². The van der Waals surface area contributed by atoms with Gasteiger partial charge in [-0.05, 0) is 44.4 Å². The van der Waals surface area contributed by atoms with Crippen LogP contribution in [-0.2, 0) is 4.74 Å². The van der Waals surface area contributed by atoms with Crippen LogP contribution in [0.4, 0.5) is 10.5 Å². The molecule has 0 bridgehead atoms. The van der Waals surface area contributed by atoms with Crippen LogP contribution >= 0.6 is 15.9 Å². The minimum atomic E-state index is -1.09. The minimum absolute atomic E-state index is 0.121. The van der Waals surface area contributed by atoms with E-state index >= 15 is 0 Å². The van der Waals surface area contributed by atoms with Crippen LogP contribution in [0.15, 0.2) is 34.8 Å². The van der Waals surface area contributed by atoms with Gasteiger partial charge in [-0.3, -0.25) is 9.69 Å². The van der Waals surface area contributed by atoms with Crippen molar-refractivity contribution in [3.63, 3.8) is 0 Å². The molecule has 4 rings (SSSR count). The molecule has 2 aromatic rings. The molecule has 2 amide bonds. The number of halogens is 1. The summed E-state index contributed by atoms with van der Waals surface area (Å²) >= 11 is 3.52. The molecule has 0 aromatic heterocycles. The van der Waals surface area contributed by atoms with Gasteiger partial charge in [0, 0.05) is 15.4 Å². The molecule has 0 spiro atoms. The summed E-state index contributed by atoms with van der Waals surface area (Å²) in [6.07, 6.45) is -0.474. The lowest BCUT2D eigenvalue weighted by Crippen LogP contribution is -2.71. The molecule has 7 heteroatoms. The van der Waals surface area contributed by atoms with Gasteiger partial charge in [-0.2, -0.15) is 5.26 Å². The zero-order valence-corrected chi connectivity index (χ0v) is 16.8. The lowest BCUT2D eigenvalue weighted by atomic mass is 9.89. The van der Waals surface area contributed by atoms with E-state index in [0.29, 0.717) is 11.3 Å². The Morgan fingerprint density at radius 2 is 1.96 bits per heavy atom. The average Bonchev–Trinajstić information content (AvgIpc) is 2.84. The van der Waals surface area contributed by atoms with Crippen molar-refractivity contribution in [2.24, 2.45) is 0 Å². The van der Waals surface area contributed by atoms with E-state index in [-0.39, 0.29) is 19.0 Å². The SMILES string of the molecule is CC(C)(C)OC(=O)N1CC(C#N)(N2C(=O)c3cccc4c(Br)ccc2c34)C1. The summed E-state index contributed by atoms with van der Waals surface area (Å²) in [5.41, 5.74) is -0.416. The van der Waals surface area contributed by atoms with Gasteiger partial charge in [0.1, 0.15) is 5.60 Å². The highest BCUT2D eigenvalue weighted by Crippen LogP contribution is 2.45. The molecule has 1 fully saturated rings. The second-order valence-corrected chi connectivity index (χ2v) is 8.77. The smallest absolute Gasteiger partial charge is 0.410 e. The first kappa shape index (κ1) is 17.8. The second kappa shape index (κ2) is 5.70. The Morgan fingerprint density at radius 1 is 1.26 bits per heavy atom. The zero-order valence-electron chi connectivity index (χ0n) is 15.2. The second-order valence-electron chi connectivity index (χ2n) is 7.92. The topological polar surface area (TPSA) is 73.6 Å².